The van der Waals surface area contributed by atoms with Gasteiger partial charge < -0.3 is 18.6 Å². The average Bonchev–Trinajstić information content (AvgIpc) is 3.16. The van der Waals surface area contributed by atoms with Gasteiger partial charge in [-0.15, -0.1) is 3.63 Å². The average molecular weight is 975 g/mol. The van der Waals surface area contributed by atoms with Gasteiger partial charge in [0.25, 0.3) is 10.1 Å². The van der Waals surface area contributed by atoms with Gasteiger partial charge in [-0.05, 0) is 125 Å². The van der Waals surface area contributed by atoms with E-state index >= 15 is 0 Å². The Labute approximate surface area is 361 Å². The van der Waals surface area contributed by atoms with Gasteiger partial charge in [-0.1, -0.05) is 68.1 Å². The molecule has 8 aromatic carbocycles. The Balaban J connectivity index is 0.000000200. The predicted molar refractivity (Wildman–Crippen MR) is 230 cm³/mol. The van der Waals surface area contributed by atoms with Crippen LogP contribution in [0.1, 0.15) is 7.43 Å². The van der Waals surface area contributed by atoms with Gasteiger partial charge >= 0.3 is 41.4 Å². The zero-order valence-corrected chi connectivity index (χ0v) is 35.1. The number of hydrogen-bond donors (Lipinski definition) is 2. The van der Waals surface area contributed by atoms with Crippen molar-refractivity contribution in [3.05, 3.63) is 121 Å². The fraction of sp³-hybridized carbons (Fsp3) is 0.122. The van der Waals surface area contributed by atoms with Gasteiger partial charge in [0.05, 0.1) is 12.5 Å². The number of alkyl halides is 6. The zero-order valence-electron chi connectivity index (χ0n) is 31.8. The lowest BCUT2D eigenvalue weighted by Gasteiger charge is -2.14. The molecule has 0 amide bonds. The molecule has 0 radical (unpaired) electrons. The van der Waals surface area contributed by atoms with Crippen LogP contribution in [-0.4, -0.2) is 67.4 Å². The monoisotopic (exact) mass is 974 g/mol. The van der Waals surface area contributed by atoms with Gasteiger partial charge in [-0.25, -0.2) is 0 Å². The SMILES string of the molecule is C.CS(=O)(=O)OS(=O)(=O)C(F)(F)F.CS(=O)(=O)Oc1ccc2c3ccccc3c3ccc(OS(=O)(=O)C(F)(F)F)cc3c2c1.Oc1ccc2c3ccccc3c3ccc(O)cc3c2c1. The van der Waals surface area contributed by atoms with Gasteiger partial charge in [0.15, 0.2) is 0 Å². The molecule has 0 spiro atoms. The van der Waals surface area contributed by atoms with E-state index in [0.717, 1.165) is 61.5 Å². The van der Waals surface area contributed by atoms with E-state index in [2.05, 4.69) is 19.9 Å². The Hall–Kier alpha value is -6.14. The third kappa shape index (κ3) is 10.6. The highest BCUT2D eigenvalue weighted by molar-refractivity contribution is 8.00. The highest BCUT2D eigenvalue weighted by Crippen LogP contribution is 2.40. The minimum absolute atomic E-state index is 0. The van der Waals surface area contributed by atoms with Gasteiger partial charge in [-0.2, -0.15) is 60.0 Å². The first-order valence-electron chi connectivity index (χ1n) is 17.3. The van der Waals surface area contributed by atoms with Gasteiger partial charge in [-0.3, -0.25) is 0 Å². The van der Waals surface area contributed by atoms with E-state index in [1.165, 1.54) is 18.2 Å². The van der Waals surface area contributed by atoms with Crippen LogP contribution in [0, 0.1) is 0 Å². The molecule has 64 heavy (non-hydrogen) atoms. The molecule has 23 heteroatoms. The summed E-state index contributed by atoms with van der Waals surface area (Å²) in [7, 11) is -20.4. The number of aromatic hydroxyl groups is 2. The van der Waals surface area contributed by atoms with Crippen LogP contribution in [0.3, 0.4) is 0 Å². The first kappa shape index (κ1) is 48.9. The van der Waals surface area contributed by atoms with Crippen molar-refractivity contribution >= 4 is 105 Å². The molecular weight excluding hydrogens is 943 g/mol. The summed E-state index contributed by atoms with van der Waals surface area (Å²) in [5.41, 5.74) is -11.3. The van der Waals surface area contributed by atoms with Crippen molar-refractivity contribution in [1.29, 1.82) is 0 Å². The second kappa shape index (κ2) is 17.4. The highest BCUT2D eigenvalue weighted by atomic mass is 32.3. The first-order valence-corrected chi connectivity index (χ1v) is 23.8. The number of hydrogen-bond acceptors (Lipinski definition) is 13. The topological polar surface area (TPSA) is 205 Å². The second-order valence-electron chi connectivity index (χ2n) is 13.4. The molecule has 0 atom stereocenters. The van der Waals surface area contributed by atoms with Crippen LogP contribution >= 0.6 is 0 Å². The molecule has 2 N–H and O–H groups in total. The molecular formula is C41H32F6O13S4. The van der Waals surface area contributed by atoms with E-state index in [1.807, 2.05) is 42.5 Å². The molecule has 8 rings (SSSR count). The molecule has 0 bridgehead atoms. The van der Waals surface area contributed by atoms with Crippen molar-refractivity contribution in [2.75, 3.05) is 12.5 Å². The number of benzene rings is 8. The van der Waals surface area contributed by atoms with E-state index in [1.54, 1.807) is 36.4 Å². The summed E-state index contributed by atoms with van der Waals surface area (Å²) in [5.74, 6) is -0.0634. The predicted octanol–water partition coefficient (Wildman–Crippen LogP) is 9.72. The van der Waals surface area contributed by atoms with Crippen molar-refractivity contribution in [3.63, 3.8) is 0 Å². The molecule has 8 aromatic rings. The van der Waals surface area contributed by atoms with Crippen molar-refractivity contribution in [2.45, 2.75) is 18.4 Å². The zero-order chi connectivity index (χ0) is 46.5. The number of rotatable bonds is 6. The van der Waals surface area contributed by atoms with Gasteiger partial charge in [0.2, 0.25) is 0 Å². The van der Waals surface area contributed by atoms with Crippen molar-refractivity contribution in [1.82, 2.24) is 0 Å². The fourth-order valence-corrected chi connectivity index (χ4v) is 9.02. The van der Waals surface area contributed by atoms with Crippen molar-refractivity contribution < 1.29 is 82.2 Å². The molecule has 0 unspecified atom stereocenters. The normalized spacial score (nSPS) is 12.6. The second-order valence-corrected chi connectivity index (χ2v) is 19.8. The Morgan fingerprint density at radius 3 is 0.984 bits per heavy atom. The lowest BCUT2D eigenvalue weighted by atomic mass is 9.94. The number of halogens is 6. The molecule has 0 aliphatic carbocycles. The standard InChI is InChI=1S/C20H13F3O6S2.C18H12O2.C2H3F3O5S2.CH4/c1-30(24,25)28-12-6-8-16-14-4-2-3-5-15(14)17-9-7-13(11-19(17)18(16)10-12)29-31(26,27)20(21,22)23;19-11-5-7-15-13-3-1-2-4-14(13)16-8-6-12(20)10-18(16)17(15)9-11;1-11(6,7)10-12(8,9)2(3,4)5;/h2-11H,1H3;1-10,19-20H;1H3;1H4. The van der Waals surface area contributed by atoms with Crippen molar-refractivity contribution in [2.24, 2.45) is 0 Å². The Morgan fingerprint density at radius 1 is 0.391 bits per heavy atom. The Kier molecular flexibility index (Phi) is 13.3. The van der Waals surface area contributed by atoms with Gasteiger partial charge in [0, 0.05) is 0 Å². The summed E-state index contributed by atoms with van der Waals surface area (Å²) in [6, 6.07) is 34.4. The Bertz CT molecular complexity index is 3500. The van der Waals surface area contributed by atoms with E-state index in [9.17, 15) is 70.2 Å². The van der Waals surface area contributed by atoms with E-state index in [0.29, 0.717) is 21.5 Å². The molecule has 0 saturated carbocycles. The van der Waals surface area contributed by atoms with Crippen LogP contribution < -0.4 is 8.37 Å². The molecule has 0 aromatic heterocycles. The number of fused-ring (bicyclic) bond motifs is 12. The summed E-state index contributed by atoms with van der Waals surface area (Å²) in [5, 5.41) is 29.6. The third-order valence-electron chi connectivity index (χ3n) is 8.82. The number of phenols is 2. The van der Waals surface area contributed by atoms with Crippen LogP contribution in [0.15, 0.2) is 121 Å². The van der Waals surface area contributed by atoms with Crippen molar-refractivity contribution in [3.8, 4) is 23.0 Å². The van der Waals surface area contributed by atoms with Crippen LogP contribution in [0.25, 0.3) is 64.6 Å². The van der Waals surface area contributed by atoms with Crippen LogP contribution in [-0.2, 0) is 44.1 Å². The fourth-order valence-electron chi connectivity index (χ4n) is 6.50. The quantitative estimate of drug-likeness (QED) is 0.0690. The van der Waals surface area contributed by atoms with Gasteiger partial charge in [0.1, 0.15) is 23.0 Å². The molecule has 0 aliphatic rings. The minimum atomic E-state index is -6.04. The molecule has 0 heterocycles. The van der Waals surface area contributed by atoms with E-state index < -0.39 is 57.2 Å². The maximum atomic E-state index is 12.7. The largest absolute Gasteiger partial charge is 0.534 e. The lowest BCUT2D eigenvalue weighted by Crippen LogP contribution is -2.28. The maximum absolute atomic E-state index is 12.7. The summed E-state index contributed by atoms with van der Waals surface area (Å²) in [4.78, 5) is 0. The highest BCUT2D eigenvalue weighted by Gasteiger charge is 2.50. The first-order chi connectivity index (χ1) is 29.1. The molecule has 340 valence electrons. The molecule has 13 nitrogen and oxygen atoms in total. The summed E-state index contributed by atoms with van der Waals surface area (Å²) < 4.78 is 170. The van der Waals surface area contributed by atoms with Crippen LogP contribution in [0.4, 0.5) is 26.3 Å². The van der Waals surface area contributed by atoms with Crippen LogP contribution in [0.2, 0.25) is 0 Å². The maximum Gasteiger partial charge on any atom is 0.534 e. The minimum Gasteiger partial charge on any atom is -0.508 e. The van der Waals surface area contributed by atoms with Crippen LogP contribution in [0.5, 0.6) is 23.0 Å². The number of phenolic OH excluding ortho intramolecular Hbond substituents is 2. The smallest absolute Gasteiger partial charge is 0.508 e. The molecule has 0 saturated heterocycles. The van der Waals surface area contributed by atoms with E-state index in [-0.39, 0.29) is 30.9 Å². The Morgan fingerprint density at radius 2 is 0.688 bits per heavy atom. The third-order valence-corrected chi connectivity index (χ3v) is 12.6. The molecule has 0 fully saturated rings. The van der Waals surface area contributed by atoms with E-state index in [4.69, 9.17) is 4.18 Å². The summed E-state index contributed by atoms with van der Waals surface area (Å²) in [6.45, 7) is 0. The summed E-state index contributed by atoms with van der Waals surface area (Å²) in [6.07, 6.45) is 1.07. The molecule has 0 aliphatic heterocycles. The lowest BCUT2D eigenvalue weighted by molar-refractivity contribution is -0.0503. The summed E-state index contributed by atoms with van der Waals surface area (Å²) >= 11 is 0.